The molecule has 0 spiro atoms. The van der Waals surface area contributed by atoms with Crippen LogP contribution in [0.25, 0.3) is 0 Å². The molecule has 156 valence electrons. The second-order valence-corrected chi connectivity index (χ2v) is 7.56. The third-order valence-electron chi connectivity index (χ3n) is 3.38. The van der Waals surface area contributed by atoms with Crippen LogP contribution in [0.1, 0.15) is 5.56 Å². The van der Waals surface area contributed by atoms with Crippen molar-refractivity contribution >= 4 is 32.0 Å². The Morgan fingerprint density at radius 1 is 0.655 bits per heavy atom. The quantitative estimate of drug-likeness (QED) is 0.278. The molecule has 1 aromatic carbocycles. The van der Waals surface area contributed by atoms with Crippen molar-refractivity contribution in [2.24, 2.45) is 14.0 Å². The van der Waals surface area contributed by atoms with Crippen molar-refractivity contribution in [2.75, 3.05) is 0 Å². The Morgan fingerprint density at radius 3 is 1.34 bits per heavy atom. The minimum atomic E-state index is -7.09. The van der Waals surface area contributed by atoms with Gasteiger partial charge in [0.2, 0.25) is 18.2 Å². The summed E-state index contributed by atoms with van der Waals surface area (Å²) in [5, 5.41) is -0.571. The normalized spacial score (nSPS) is 14.7. The van der Waals surface area contributed by atoms with Gasteiger partial charge >= 0.3 is 32.5 Å². The number of alkyl halides is 9. The molecule has 0 aliphatic heterocycles. The first-order chi connectivity index (χ1) is 13.1. The fourth-order valence-corrected chi connectivity index (χ4v) is 3.45. The molecule has 0 fully saturated rings. The summed E-state index contributed by atoms with van der Waals surface area (Å²) in [4.78, 5) is 31.4. The van der Waals surface area contributed by atoms with Gasteiger partial charge in [0.1, 0.15) is 0 Å². The maximum absolute atomic E-state index is 13.9. The van der Waals surface area contributed by atoms with E-state index in [2.05, 4.69) is 14.0 Å². The lowest BCUT2D eigenvalue weighted by atomic mass is 9.97. The van der Waals surface area contributed by atoms with Crippen LogP contribution in [0.3, 0.4) is 0 Å². The first-order valence-electron chi connectivity index (χ1n) is 6.73. The van der Waals surface area contributed by atoms with E-state index in [-0.39, 0.29) is 12.1 Å². The Hall–Kier alpha value is -3.05. The topological polar surface area (TPSA) is 88.3 Å². The van der Waals surface area contributed by atoms with Crippen molar-refractivity contribution in [3.8, 4) is 0 Å². The molecule has 0 amide bonds. The lowest BCUT2D eigenvalue weighted by molar-refractivity contribution is -0.399. The van der Waals surface area contributed by atoms with E-state index in [1.165, 1.54) is 0 Å². The zero-order valence-electron chi connectivity index (χ0n) is 13.3. The molecule has 0 bridgehead atoms. The number of hydrogen-bond donors (Lipinski definition) is 0. The van der Waals surface area contributed by atoms with Crippen molar-refractivity contribution in [1.82, 2.24) is 0 Å². The van der Waals surface area contributed by atoms with Gasteiger partial charge in [0, 0.05) is 10.8 Å². The summed E-state index contributed by atoms with van der Waals surface area (Å²) in [6.45, 7) is 0. The Labute approximate surface area is 154 Å². The van der Waals surface area contributed by atoms with E-state index in [1.807, 2.05) is 0 Å². The van der Waals surface area contributed by atoms with Crippen LogP contribution in [0, 0.1) is 0 Å². The molecular formula is C13H4F9N3O3Si. The summed E-state index contributed by atoms with van der Waals surface area (Å²) in [6.07, 6.45) is -4.34. The summed E-state index contributed by atoms with van der Waals surface area (Å²) in [6, 6.07) is 0.719. The highest BCUT2D eigenvalue weighted by Gasteiger charge is 2.82. The maximum Gasteiger partial charge on any atom is 0.501 e. The van der Waals surface area contributed by atoms with Crippen molar-refractivity contribution in [2.45, 2.75) is 23.9 Å². The molecule has 0 aromatic heterocycles. The lowest BCUT2D eigenvalue weighted by Gasteiger charge is -2.33. The van der Waals surface area contributed by atoms with E-state index in [4.69, 9.17) is 0 Å². The third kappa shape index (κ3) is 3.91. The molecule has 6 nitrogen and oxygen atoms in total. The molecule has 1 aromatic rings. The number of halogens is 9. The number of hydrogen-bond acceptors (Lipinski definition) is 6. The minimum Gasteiger partial charge on any atom is -0.212 e. The van der Waals surface area contributed by atoms with E-state index >= 15 is 0 Å². The van der Waals surface area contributed by atoms with Gasteiger partial charge in [0.25, 0.3) is 0 Å². The molecule has 0 aliphatic carbocycles. The third-order valence-corrected chi connectivity index (χ3v) is 5.70. The summed E-state index contributed by atoms with van der Waals surface area (Å²) >= 11 is 0. The van der Waals surface area contributed by atoms with Gasteiger partial charge < -0.3 is 0 Å². The van der Waals surface area contributed by atoms with Gasteiger partial charge in [0.15, 0.2) is 0 Å². The van der Waals surface area contributed by atoms with E-state index in [0.29, 0.717) is 12.1 Å². The largest absolute Gasteiger partial charge is 0.501 e. The molecule has 29 heavy (non-hydrogen) atoms. The predicted molar refractivity (Wildman–Crippen MR) is 76.0 cm³/mol. The standard InChI is InChI=1S/C13H4F9N3O3Si/c14-10(15,11(16,17)12(18,19)13(20,21)22)8-1-3-9(4-2-8)29(23-5-26,24-6-27)25-7-28/h1-4H. The highest BCUT2D eigenvalue weighted by atomic mass is 28.4. The molecule has 0 aliphatic rings. The lowest BCUT2D eigenvalue weighted by Crippen LogP contribution is -2.59. The molecular weight excluding hydrogens is 445 g/mol. The van der Waals surface area contributed by atoms with E-state index < -0.39 is 43.3 Å². The summed E-state index contributed by atoms with van der Waals surface area (Å²) in [5.41, 5.74) is -1.99. The van der Waals surface area contributed by atoms with Gasteiger partial charge in [-0.25, -0.2) is 14.4 Å². The molecule has 0 N–H and O–H groups in total. The first kappa shape index (κ1) is 24.0. The molecule has 16 heteroatoms. The predicted octanol–water partition coefficient (Wildman–Crippen LogP) is 2.76. The van der Waals surface area contributed by atoms with Crippen LogP contribution in [-0.4, -0.2) is 44.8 Å². The second kappa shape index (κ2) is 7.76. The summed E-state index contributed by atoms with van der Waals surface area (Å²) in [7, 11) is -4.52. The van der Waals surface area contributed by atoms with Gasteiger partial charge in [-0.05, 0) is 0 Å². The molecule has 0 radical (unpaired) electrons. The number of isocyanates is 3. The number of rotatable bonds is 7. The van der Waals surface area contributed by atoms with Crippen molar-refractivity contribution < 1.29 is 53.9 Å². The van der Waals surface area contributed by atoms with Crippen LogP contribution in [0.15, 0.2) is 38.2 Å². The summed E-state index contributed by atoms with van der Waals surface area (Å²) in [5.74, 6) is -20.0. The second-order valence-electron chi connectivity index (χ2n) is 5.04. The summed E-state index contributed by atoms with van der Waals surface area (Å²) < 4.78 is 126. The number of nitrogens with zero attached hydrogens (tertiary/aromatic N) is 3. The Kier molecular flexibility index (Phi) is 6.42. The van der Waals surface area contributed by atoms with Gasteiger partial charge in [-0.15, -0.1) is 0 Å². The average Bonchev–Trinajstić information content (AvgIpc) is 2.61. The monoisotopic (exact) mass is 449 g/mol. The molecule has 0 heterocycles. The molecule has 0 unspecified atom stereocenters. The first-order valence-corrected chi connectivity index (χ1v) is 8.57. The van der Waals surface area contributed by atoms with Crippen LogP contribution in [-0.2, 0) is 20.3 Å². The number of benzene rings is 1. The van der Waals surface area contributed by atoms with Crippen LogP contribution in [0.4, 0.5) is 39.5 Å². The van der Waals surface area contributed by atoms with E-state index in [0.717, 1.165) is 18.2 Å². The molecule has 0 saturated carbocycles. The van der Waals surface area contributed by atoms with Gasteiger partial charge in [0.05, 0.1) is 0 Å². The van der Waals surface area contributed by atoms with Gasteiger partial charge in [-0.3, -0.25) is 0 Å². The van der Waals surface area contributed by atoms with Crippen molar-refractivity contribution in [1.29, 1.82) is 0 Å². The number of carbonyl (C=O) groups excluding carboxylic acids is 3. The fraction of sp³-hybridized carbons (Fsp3) is 0.308. The van der Waals surface area contributed by atoms with Gasteiger partial charge in [-0.1, -0.05) is 24.3 Å². The van der Waals surface area contributed by atoms with Crippen molar-refractivity contribution in [3.05, 3.63) is 29.8 Å². The van der Waals surface area contributed by atoms with E-state index in [1.54, 1.807) is 0 Å². The highest BCUT2D eigenvalue weighted by molar-refractivity contribution is 6.88. The van der Waals surface area contributed by atoms with Crippen LogP contribution in [0.2, 0.25) is 0 Å². The van der Waals surface area contributed by atoms with Crippen LogP contribution in [0.5, 0.6) is 0 Å². The maximum atomic E-state index is 13.9. The van der Waals surface area contributed by atoms with E-state index in [9.17, 15) is 53.9 Å². The van der Waals surface area contributed by atoms with Crippen LogP contribution < -0.4 is 5.19 Å². The smallest absolute Gasteiger partial charge is 0.212 e. The van der Waals surface area contributed by atoms with Crippen LogP contribution >= 0.6 is 0 Å². The van der Waals surface area contributed by atoms with Gasteiger partial charge in [-0.2, -0.15) is 53.5 Å². The SMILES string of the molecule is O=C=N[Si](N=C=O)(N=C=O)c1ccc(C(F)(F)C(F)(F)C(F)(F)C(F)(F)F)cc1. The average molecular weight is 449 g/mol. The van der Waals surface area contributed by atoms with Crippen molar-refractivity contribution in [3.63, 3.8) is 0 Å². The Bertz CT molecular complexity index is 868. The fourth-order valence-electron chi connectivity index (χ4n) is 1.92. The minimum absolute atomic E-state index is 0.0155. The molecule has 0 atom stereocenters. The molecule has 1 rings (SSSR count). The Morgan fingerprint density at radius 2 is 1.03 bits per heavy atom. The zero-order valence-corrected chi connectivity index (χ0v) is 14.3. The Balaban J connectivity index is 3.59. The molecule has 0 saturated heterocycles. The highest BCUT2D eigenvalue weighted by Crippen LogP contribution is 2.56. The zero-order chi connectivity index (χ0) is 22.7.